The van der Waals surface area contributed by atoms with Crippen molar-refractivity contribution >= 4 is 27.9 Å². The van der Waals surface area contributed by atoms with Crippen molar-refractivity contribution in [2.75, 3.05) is 0 Å². The molecule has 0 N–H and O–H groups in total. The number of halogens is 1. The van der Waals surface area contributed by atoms with Crippen molar-refractivity contribution < 1.29 is 9.21 Å². The molecule has 0 unspecified atom stereocenters. The number of fused-ring (bicyclic) bond motifs is 2. The smallest absolute Gasteiger partial charge is 0.252 e. The van der Waals surface area contributed by atoms with Gasteiger partial charge < -0.3 is 4.42 Å². The maximum absolute atomic E-state index is 11.2. The second kappa shape index (κ2) is 5.68. The Labute approximate surface area is 158 Å². The molecule has 0 bridgehead atoms. The first-order chi connectivity index (χ1) is 12.2. The molecule has 2 aromatic carbocycles. The molecule has 0 saturated carbocycles. The van der Waals surface area contributed by atoms with Crippen molar-refractivity contribution in [1.82, 2.24) is 4.98 Å². The summed E-state index contributed by atoms with van der Waals surface area (Å²) >= 11 is 5.51. The summed E-state index contributed by atoms with van der Waals surface area (Å²) in [4.78, 5) is 15.9. The van der Waals surface area contributed by atoms with Crippen LogP contribution in [-0.4, -0.2) is 10.2 Å². The second-order valence-electron chi connectivity index (χ2n) is 8.50. The van der Waals surface area contributed by atoms with Gasteiger partial charge in [-0.25, -0.2) is 4.98 Å². The van der Waals surface area contributed by atoms with Gasteiger partial charge in [-0.2, -0.15) is 0 Å². The lowest BCUT2D eigenvalue weighted by Crippen LogP contribution is -2.33. The topological polar surface area (TPSA) is 43.1 Å². The highest BCUT2D eigenvalue weighted by Crippen LogP contribution is 2.47. The van der Waals surface area contributed by atoms with E-state index >= 15 is 0 Å². The first-order valence-corrected chi connectivity index (χ1v) is 9.31. The summed E-state index contributed by atoms with van der Waals surface area (Å²) in [6.07, 6.45) is 2.32. The minimum atomic E-state index is -0.466. The quantitative estimate of drug-likeness (QED) is 0.505. The SMILES string of the molecule is CC1(C)CCC(C)(C)c2cc3oc(-c4ccc(C(=O)Cl)cc4)nc3cc21. The van der Waals surface area contributed by atoms with Crippen molar-refractivity contribution in [3.63, 3.8) is 0 Å². The summed E-state index contributed by atoms with van der Waals surface area (Å²) < 4.78 is 6.05. The van der Waals surface area contributed by atoms with Gasteiger partial charge in [-0.05, 0) is 82.8 Å². The van der Waals surface area contributed by atoms with E-state index in [2.05, 4.69) is 39.8 Å². The third kappa shape index (κ3) is 2.75. The van der Waals surface area contributed by atoms with Gasteiger partial charge in [0.25, 0.3) is 5.24 Å². The summed E-state index contributed by atoms with van der Waals surface area (Å²) in [6, 6.07) is 11.4. The number of carbonyl (C=O) groups is 1. The lowest BCUT2D eigenvalue weighted by atomic mass is 9.63. The van der Waals surface area contributed by atoms with Crippen LogP contribution in [0.4, 0.5) is 0 Å². The molecule has 0 atom stereocenters. The van der Waals surface area contributed by atoms with Crippen LogP contribution in [0.1, 0.15) is 62.0 Å². The minimum Gasteiger partial charge on any atom is -0.436 e. The first-order valence-electron chi connectivity index (χ1n) is 8.93. The maximum atomic E-state index is 11.2. The maximum Gasteiger partial charge on any atom is 0.252 e. The molecule has 26 heavy (non-hydrogen) atoms. The Bertz CT molecular complexity index is 960. The van der Waals surface area contributed by atoms with E-state index in [-0.39, 0.29) is 10.8 Å². The molecule has 4 heteroatoms. The number of aromatic nitrogens is 1. The molecule has 0 radical (unpaired) electrons. The highest BCUT2D eigenvalue weighted by molar-refractivity contribution is 6.67. The molecule has 1 heterocycles. The Kier molecular flexibility index (Phi) is 3.78. The molecule has 1 aliphatic rings. The number of hydrogen-bond acceptors (Lipinski definition) is 3. The normalized spacial score (nSPS) is 17.9. The van der Waals surface area contributed by atoms with Crippen LogP contribution < -0.4 is 0 Å². The third-order valence-corrected chi connectivity index (χ3v) is 5.94. The van der Waals surface area contributed by atoms with Gasteiger partial charge in [-0.3, -0.25) is 4.79 Å². The van der Waals surface area contributed by atoms with Crippen molar-refractivity contribution in [2.24, 2.45) is 0 Å². The van der Waals surface area contributed by atoms with E-state index in [4.69, 9.17) is 21.0 Å². The zero-order chi connectivity index (χ0) is 18.7. The van der Waals surface area contributed by atoms with Gasteiger partial charge in [0.05, 0.1) is 0 Å². The molecule has 1 aliphatic carbocycles. The molecular weight excluding hydrogens is 346 g/mol. The third-order valence-electron chi connectivity index (χ3n) is 5.72. The fourth-order valence-electron chi connectivity index (χ4n) is 3.86. The van der Waals surface area contributed by atoms with Crippen LogP contribution in [0.2, 0.25) is 0 Å². The van der Waals surface area contributed by atoms with Crippen LogP contribution in [0.3, 0.4) is 0 Å². The first kappa shape index (κ1) is 17.3. The molecule has 0 amide bonds. The molecule has 134 valence electrons. The Hall–Kier alpha value is -2.13. The van der Waals surface area contributed by atoms with E-state index in [9.17, 15) is 4.79 Å². The van der Waals surface area contributed by atoms with Crippen molar-refractivity contribution in [1.29, 1.82) is 0 Å². The zero-order valence-electron chi connectivity index (χ0n) is 15.5. The zero-order valence-corrected chi connectivity index (χ0v) is 16.3. The van der Waals surface area contributed by atoms with Gasteiger partial charge in [0.15, 0.2) is 5.58 Å². The standard InChI is InChI=1S/C22H22ClNO2/c1-21(2)9-10-22(3,4)16-12-18-17(11-15(16)21)24-20(26-18)14-7-5-13(6-8-14)19(23)25/h5-8,11-12H,9-10H2,1-4H3. The predicted molar refractivity (Wildman–Crippen MR) is 105 cm³/mol. The number of carbonyl (C=O) groups excluding carboxylic acids is 1. The van der Waals surface area contributed by atoms with Crippen LogP contribution >= 0.6 is 11.6 Å². The Morgan fingerprint density at radius 2 is 1.58 bits per heavy atom. The van der Waals surface area contributed by atoms with Gasteiger partial charge in [0, 0.05) is 11.1 Å². The second-order valence-corrected chi connectivity index (χ2v) is 8.85. The lowest BCUT2D eigenvalue weighted by molar-refractivity contribution is 0.108. The molecule has 4 rings (SSSR count). The number of hydrogen-bond donors (Lipinski definition) is 0. The average Bonchev–Trinajstić information content (AvgIpc) is 3.01. The molecular formula is C22H22ClNO2. The van der Waals surface area contributed by atoms with E-state index in [1.165, 1.54) is 11.1 Å². The largest absolute Gasteiger partial charge is 0.436 e. The van der Waals surface area contributed by atoms with Gasteiger partial charge >= 0.3 is 0 Å². The monoisotopic (exact) mass is 367 g/mol. The van der Waals surface area contributed by atoms with Gasteiger partial charge in [-0.15, -0.1) is 0 Å². The van der Waals surface area contributed by atoms with Crippen LogP contribution in [0.15, 0.2) is 40.8 Å². The Morgan fingerprint density at radius 1 is 1.00 bits per heavy atom. The van der Waals surface area contributed by atoms with Crippen molar-refractivity contribution in [3.8, 4) is 11.5 Å². The van der Waals surface area contributed by atoms with Crippen LogP contribution in [0.25, 0.3) is 22.6 Å². The molecule has 0 fully saturated rings. The predicted octanol–water partition coefficient (Wildman–Crippen LogP) is 6.22. The Balaban J connectivity index is 1.85. The molecule has 3 aromatic rings. The van der Waals surface area contributed by atoms with Gasteiger partial charge in [0.2, 0.25) is 5.89 Å². The number of nitrogens with zero attached hydrogens (tertiary/aromatic N) is 1. The average molecular weight is 368 g/mol. The van der Waals surface area contributed by atoms with E-state index in [1.54, 1.807) is 12.1 Å². The summed E-state index contributed by atoms with van der Waals surface area (Å²) in [5, 5.41) is -0.466. The highest BCUT2D eigenvalue weighted by atomic mass is 35.5. The van der Waals surface area contributed by atoms with Crippen LogP contribution in [0.5, 0.6) is 0 Å². The van der Waals surface area contributed by atoms with E-state index in [1.807, 2.05) is 12.1 Å². The molecule has 0 aliphatic heterocycles. The number of rotatable bonds is 2. The number of oxazole rings is 1. The lowest BCUT2D eigenvalue weighted by Gasteiger charge is -2.41. The van der Waals surface area contributed by atoms with Gasteiger partial charge in [0.1, 0.15) is 5.52 Å². The molecule has 3 nitrogen and oxygen atoms in total. The summed E-state index contributed by atoms with van der Waals surface area (Å²) in [5.41, 5.74) is 5.97. The molecule has 0 spiro atoms. The van der Waals surface area contributed by atoms with Crippen LogP contribution in [0, 0.1) is 0 Å². The van der Waals surface area contributed by atoms with Crippen LogP contribution in [-0.2, 0) is 10.8 Å². The summed E-state index contributed by atoms with van der Waals surface area (Å²) in [5.74, 6) is 0.562. The van der Waals surface area contributed by atoms with Crippen molar-refractivity contribution in [2.45, 2.75) is 51.4 Å². The fourth-order valence-corrected chi connectivity index (χ4v) is 3.98. The highest BCUT2D eigenvalue weighted by Gasteiger charge is 2.37. The van der Waals surface area contributed by atoms with E-state index in [0.29, 0.717) is 11.5 Å². The Morgan fingerprint density at radius 3 is 2.15 bits per heavy atom. The number of benzene rings is 2. The minimum absolute atomic E-state index is 0.133. The van der Waals surface area contributed by atoms with Crippen molar-refractivity contribution in [3.05, 3.63) is 53.1 Å². The summed E-state index contributed by atoms with van der Waals surface area (Å²) in [6.45, 7) is 9.20. The fraction of sp³-hybridized carbons (Fsp3) is 0.364. The van der Waals surface area contributed by atoms with E-state index < -0.39 is 5.24 Å². The molecule has 0 saturated heterocycles. The molecule has 1 aromatic heterocycles. The summed E-state index contributed by atoms with van der Waals surface area (Å²) in [7, 11) is 0. The van der Waals surface area contributed by atoms with Gasteiger partial charge in [-0.1, -0.05) is 27.7 Å². The van der Waals surface area contributed by atoms with E-state index in [0.717, 1.165) is 29.5 Å².